The lowest BCUT2D eigenvalue weighted by Gasteiger charge is -2.31. The first kappa shape index (κ1) is 8.75. The van der Waals surface area contributed by atoms with Crippen molar-refractivity contribution < 1.29 is 0 Å². The summed E-state index contributed by atoms with van der Waals surface area (Å²) in [6.07, 6.45) is 7.82. The number of nitrogens with one attached hydrogen (secondary N) is 2. The minimum absolute atomic E-state index is 0.650. The van der Waals surface area contributed by atoms with Crippen molar-refractivity contribution in [3.8, 4) is 0 Å². The van der Waals surface area contributed by atoms with Crippen LogP contribution in [0, 0.1) is 5.92 Å². The second kappa shape index (κ2) is 3.92. The van der Waals surface area contributed by atoms with Crippen molar-refractivity contribution in [1.82, 2.24) is 15.3 Å². The van der Waals surface area contributed by atoms with Gasteiger partial charge in [0.15, 0.2) is 0 Å². The summed E-state index contributed by atoms with van der Waals surface area (Å²) in [4.78, 5) is 7.08. The van der Waals surface area contributed by atoms with Gasteiger partial charge < -0.3 is 10.3 Å². The highest BCUT2D eigenvalue weighted by atomic mass is 15.0. The standard InChI is InChI=1S/C10H17N3/c1-8(9-3-2-4-9)12-6-10-5-11-7-13-10/h5,7-9,12H,2-4,6H2,1H3,(H,11,13). The number of hydrogen-bond acceptors (Lipinski definition) is 2. The molecule has 1 aliphatic carbocycles. The normalized spacial score (nSPS) is 19.8. The van der Waals surface area contributed by atoms with E-state index < -0.39 is 0 Å². The topological polar surface area (TPSA) is 40.7 Å². The molecule has 0 spiro atoms. The van der Waals surface area contributed by atoms with Crippen LogP contribution in [0.5, 0.6) is 0 Å². The Hall–Kier alpha value is -0.830. The van der Waals surface area contributed by atoms with E-state index in [-0.39, 0.29) is 0 Å². The van der Waals surface area contributed by atoms with Crippen molar-refractivity contribution in [2.45, 2.75) is 38.8 Å². The zero-order valence-electron chi connectivity index (χ0n) is 8.09. The quantitative estimate of drug-likeness (QED) is 0.738. The molecule has 0 radical (unpaired) electrons. The lowest BCUT2D eigenvalue weighted by Crippen LogP contribution is -2.36. The fourth-order valence-corrected chi connectivity index (χ4v) is 1.76. The van der Waals surface area contributed by atoms with Gasteiger partial charge in [0.2, 0.25) is 0 Å². The minimum atomic E-state index is 0.650. The van der Waals surface area contributed by atoms with E-state index in [9.17, 15) is 0 Å². The number of aromatic nitrogens is 2. The fraction of sp³-hybridized carbons (Fsp3) is 0.700. The molecule has 0 saturated heterocycles. The van der Waals surface area contributed by atoms with Crippen LogP contribution in [0.4, 0.5) is 0 Å². The SMILES string of the molecule is CC(NCc1cnc[nH]1)C1CCC1. The molecule has 13 heavy (non-hydrogen) atoms. The molecule has 2 rings (SSSR count). The Morgan fingerprint density at radius 1 is 1.69 bits per heavy atom. The smallest absolute Gasteiger partial charge is 0.0922 e. The van der Waals surface area contributed by atoms with Crippen molar-refractivity contribution in [2.24, 2.45) is 5.92 Å². The molecule has 0 aromatic carbocycles. The van der Waals surface area contributed by atoms with Crippen LogP contribution in [-0.2, 0) is 6.54 Å². The zero-order valence-corrected chi connectivity index (χ0v) is 8.09. The minimum Gasteiger partial charge on any atom is -0.347 e. The molecule has 1 unspecified atom stereocenters. The van der Waals surface area contributed by atoms with Gasteiger partial charge in [0.1, 0.15) is 0 Å². The molecule has 1 atom stereocenters. The Labute approximate surface area is 79.0 Å². The lowest BCUT2D eigenvalue weighted by molar-refractivity contribution is 0.239. The van der Waals surface area contributed by atoms with E-state index >= 15 is 0 Å². The summed E-state index contributed by atoms with van der Waals surface area (Å²) in [6, 6.07) is 0.650. The summed E-state index contributed by atoms with van der Waals surface area (Å²) in [6.45, 7) is 3.19. The van der Waals surface area contributed by atoms with E-state index in [1.54, 1.807) is 6.33 Å². The number of nitrogens with zero attached hydrogens (tertiary/aromatic N) is 1. The summed E-state index contributed by atoms with van der Waals surface area (Å²) in [5, 5.41) is 3.52. The molecule has 0 amide bonds. The molecule has 1 aliphatic rings. The molecule has 3 nitrogen and oxygen atoms in total. The highest BCUT2D eigenvalue weighted by Crippen LogP contribution is 2.29. The van der Waals surface area contributed by atoms with Crippen LogP contribution in [0.1, 0.15) is 31.9 Å². The molecule has 1 aromatic rings. The van der Waals surface area contributed by atoms with E-state index in [0.29, 0.717) is 6.04 Å². The van der Waals surface area contributed by atoms with Crippen molar-refractivity contribution in [1.29, 1.82) is 0 Å². The Bertz CT molecular complexity index is 239. The van der Waals surface area contributed by atoms with Gasteiger partial charge in [0.05, 0.1) is 6.33 Å². The van der Waals surface area contributed by atoms with Gasteiger partial charge in [-0.15, -0.1) is 0 Å². The molecule has 1 saturated carbocycles. The van der Waals surface area contributed by atoms with Crippen LogP contribution in [0.15, 0.2) is 12.5 Å². The van der Waals surface area contributed by atoms with Gasteiger partial charge in [0, 0.05) is 24.5 Å². The number of H-pyrrole nitrogens is 1. The van der Waals surface area contributed by atoms with Crippen LogP contribution >= 0.6 is 0 Å². The summed E-state index contributed by atoms with van der Waals surface area (Å²) < 4.78 is 0. The van der Waals surface area contributed by atoms with Gasteiger partial charge in [-0.25, -0.2) is 4.98 Å². The monoisotopic (exact) mass is 179 g/mol. The molecule has 3 heteroatoms. The molecule has 1 fully saturated rings. The summed E-state index contributed by atoms with van der Waals surface area (Å²) in [7, 11) is 0. The van der Waals surface area contributed by atoms with E-state index in [2.05, 4.69) is 22.2 Å². The van der Waals surface area contributed by atoms with Gasteiger partial charge in [0.25, 0.3) is 0 Å². The third-order valence-electron chi connectivity index (χ3n) is 3.03. The van der Waals surface area contributed by atoms with E-state index in [0.717, 1.165) is 12.5 Å². The molecule has 1 heterocycles. The van der Waals surface area contributed by atoms with Crippen molar-refractivity contribution in [3.63, 3.8) is 0 Å². The average Bonchev–Trinajstić information content (AvgIpc) is 2.49. The summed E-state index contributed by atoms with van der Waals surface area (Å²) in [5.41, 5.74) is 1.17. The third-order valence-corrected chi connectivity index (χ3v) is 3.03. The Morgan fingerprint density at radius 2 is 2.54 bits per heavy atom. The fourth-order valence-electron chi connectivity index (χ4n) is 1.76. The second-order valence-corrected chi connectivity index (χ2v) is 3.94. The zero-order chi connectivity index (χ0) is 9.10. The molecule has 72 valence electrons. The maximum Gasteiger partial charge on any atom is 0.0922 e. The first-order valence-corrected chi connectivity index (χ1v) is 5.07. The highest BCUT2D eigenvalue weighted by Gasteiger charge is 2.23. The lowest BCUT2D eigenvalue weighted by atomic mass is 9.80. The Morgan fingerprint density at radius 3 is 3.08 bits per heavy atom. The third kappa shape index (κ3) is 2.10. The van der Waals surface area contributed by atoms with E-state index in [1.165, 1.54) is 25.0 Å². The average molecular weight is 179 g/mol. The molecule has 1 aromatic heterocycles. The number of imidazole rings is 1. The van der Waals surface area contributed by atoms with Crippen molar-refractivity contribution in [2.75, 3.05) is 0 Å². The van der Waals surface area contributed by atoms with Crippen LogP contribution in [-0.4, -0.2) is 16.0 Å². The first-order chi connectivity index (χ1) is 6.36. The van der Waals surface area contributed by atoms with Gasteiger partial charge in [-0.1, -0.05) is 6.42 Å². The van der Waals surface area contributed by atoms with Crippen LogP contribution in [0.3, 0.4) is 0 Å². The molecule has 0 bridgehead atoms. The van der Waals surface area contributed by atoms with Gasteiger partial charge in [-0.3, -0.25) is 0 Å². The van der Waals surface area contributed by atoms with E-state index in [4.69, 9.17) is 0 Å². The number of rotatable bonds is 4. The van der Waals surface area contributed by atoms with Gasteiger partial charge >= 0.3 is 0 Å². The number of hydrogen-bond donors (Lipinski definition) is 2. The predicted molar refractivity (Wildman–Crippen MR) is 52.2 cm³/mol. The van der Waals surface area contributed by atoms with E-state index in [1.807, 2.05) is 6.20 Å². The largest absolute Gasteiger partial charge is 0.347 e. The van der Waals surface area contributed by atoms with Crippen LogP contribution < -0.4 is 5.32 Å². The van der Waals surface area contributed by atoms with Crippen molar-refractivity contribution >= 4 is 0 Å². The second-order valence-electron chi connectivity index (χ2n) is 3.94. The molecule has 0 aliphatic heterocycles. The molecule has 2 N–H and O–H groups in total. The predicted octanol–water partition coefficient (Wildman–Crippen LogP) is 1.69. The summed E-state index contributed by atoms with van der Waals surface area (Å²) in [5.74, 6) is 0.905. The Balaban J connectivity index is 1.72. The maximum atomic E-state index is 3.98. The van der Waals surface area contributed by atoms with Crippen LogP contribution in [0.2, 0.25) is 0 Å². The molecular weight excluding hydrogens is 162 g/mol. The summed E-state index contributed by atoms with van der Waals surface area (Å²) >= 11 is 0. The Kier molecular flexibility index (Phi) is 2.64. The molecular formula is C10H17N3. The first-order valence-electron chi connectivity index (χ1n) is 5.07. The maximum absolute atomic E-state index is 3.98. The van der Waals surface area contributed by atoms with Gasteiger partial charge in [-0.2, -0.15) is 0 Å². The van der Waals surface area contributed by atoms with Crippen molar-refractivity contribution in [3.05, 3.63) is 18.2 Å². The number of aromatic amines is 1. The van der Waals surface area contributed by atoms with Gasteiger partial charge in [-0.05, 0) is 25.7 Å². The highest BCUT2D eigenvalue weighted by molar-refractivity contribution is 4.94. The van der Waals surface area contributed by atoms with Crippen LogP contribution in [0.25, 0.3) is 0 Å².